The van der Waals surface area contributed by atoms with Gasteiger partial charge in [0.1, 0.15) is 12.1 Å². The quantitative estimate of drug-likeness (QED) is 0.788. The predicted molar refractivity (Wildman–Crippen MR) is 100 cm³/mol. The van der Waals surface area contributed by atoms with Crippen LogP contribution in [0.2, 0.25) is 0 Å². The molecule has 3 aromatic rings. The van der Waals surface area contributed by atoms with Crippen LogP contribution in [0.5, 0.6) is 0 Å². The fourth-order valence-electron chi connectivity index (χ4n) is 3.27. The summed E-state index contributed by atoms with van der Waals surface area (Å²) in [5.74, 6) is 0.753. The molecule has 2 aromatic heterocycles. The second-order valence-electron chi connectivity index (χ2n) is 6.53. The Labute approximate surface area is 152 Å². The lowest BCUT2D eigenvalue weighted by atomic mass is 9.99. The van der Waals surface area contributed by atoms with Crippen LogP contribution < -0.4 is 5.32 Å². The summed E-state index contributed by atoms with van der Waals surface area (Å²) in [5, 5.41) is 2.97. The summed E-state index contributed by atoms with van der Waals surface area (Å²) in [7, 11) is 0. The molecule has 0 aliphatic carbocycles. The average molecular weight is 347 g/mol. The molecule has 6 nitrogen and oxygen atoms in total. The van der Waals surface area contributed by atoms with Crippen LogP contribution in [0, 0.1) is 0 Å². The van der Waals surface area contributed by atoms with Crippen molar-refractivity contribution in [3.63, 3.8) is 0 Å². The zero-order chi connectivity index (χ0) is 17.9. The number of hydrogen-bond acceptors (Lipinski definition) is 4. The topological polar surface area (TPSA) is 63.1 Å². The molecule has 26 heavy (non-hydrogen) atoms. The van der Waals surface area contributed by atoms with Crippen molar-refractivity contribution in [3.8, 4) is 5.82 Å². The van der Waals surface area contributed by atoms with Crippen molar-refractivity contribution in [2.75, 3.05) is 11.9 Å². The normalized spacial score (nSPS) is 15.3. The molecule has 0 saturated heterocycles. The van der Waals surface area contributed by atoms with Crippen molar-refractivity contribution in [2.24, 2.45) is 0 Å². The molecule has 1 amide bonds. The van der Waals surface area contributed by atoms with Gasteiger partial charge in [0.25, 0.3) is 0 Å². The molecule has 1 aliphatic rings. The molecule has 1 unspecified atom stereocenters. The van der Waals surface area contributed by atoms with Gasteiger partial charge in [-0.3, -0.25) is 14.3 Å². The van der Waals surface area contributed by atoms with Gasteiger partial charge in [-0.05, 0) is 36.6 Å². The molecule has 1 aliphatic heterocycles. The molecule has 1 N–H and O–H groups in total. The number of hydrogen-bond donors (Lipinski definition) is 1. The Kier molecular flexibility index (Phi) is 4.50. The van der Waals surface area contributed by atoms with Crippen molar-refractivity contribution < 1.29 is 4.79 Å². The Morgan fingerprint density at radius 2 is 2.04 bits per heavy atom. The van der Waals surface area contributed by atoms with Crippen LogP contribution >= 0.6 is 0 Å². The van der Waals surface area contributed by atoms with Crippen molar-refractivity contribution in [1.82, 2.24) is 19.4 Å². The number of fused-ring (bicyclic) bond motifs is 1. The van der Waals surface area contributed by atoms with Gasteiger partial charge < -0.3 is 5.32 Å². The van der Waals surface area contributed by atoms with Crippen LogP contribution in [0.1, 0.15) is 18.1 Å². The Balaban J connectivity index is 1.40. The van der Waals surface area contributed by atoms with E-state index in [4.69, 9.17) is 0 Å². The lowest BCUT2D eigenvalue weighted by molar-refractivity contribution is -0.121. The highest BCUT2D eigenvalue weighted by Crippen LogP contribution is 2.21. The summed E-state index contributed by atoms with van der Waals surface area (Å²) < 4.78 is 1.82. The minimum atomic E-state index is -0.198. The monoisotopic (exact) mass is 347 g/mol. The number of aromatic nitrogens is 3. The third kappa shape index (κ3) is 3.36. The van der Waals surface area contributed by atoms with E-state index in [1.54, 1.807) is 18.7 Å². The summed E-state index contributed by atoms with van der Waals surface area (Å²) in [5.41, 5.74) is 3.39. The van der Waals surface area contributed by atoms with Crippen LogP contribution in [-0.4, -0.2) is 37.9 Å². The third-order valence-corrected chi connectivity index (χ3v) is 4.87. The minimum absolute atomic E-state index is 0.0124. The van der Waals surface area contributed by atoms with E-state index in [0.717, 1.165) is 25.3 Å². The third-order valence-electron chi connectivity index (χ3n) is 4.87. The van der Waals surface area contributed by atoms with E-state index in [-0.39, 0.29) is 11.9 Å². The smallest absolute Gasteiger partial charge is 0.241 e. The molecule has 6 heteroatoms. The molecule has 1 aromatic carbocycles. The van der Waals surface area contributed by atoms with Gasteiger partial charge in [0, 0.05) is 25.5 Å². The zero-order valence-corrected chi connectivity index (χ0v) is 14.7. The van der Waals surface area contributed by atoms with Gasteiger partial charge in [0.05, 0.1) is 17.9 Å². The van der Waals surface area contributed by atoms with Crippen molar-refractivity contribution in [1.29, 1.82) is 0 Å². The molecule has 0 fully saturated rings. The first-order chi connectivity index (χ1) is 12.7. The highest BCUT2D eigenvalue weighted by atomic mass is 16.2. The Hall–Kier alpha value is -2.99. The molecule has 0 saturated carbocycles. The number of benzene rings is 1. The first-order valence-electron chi connectivity index (χ1n) is 8.77. The van der Waals surface area contributed by atoms with Crippen molar-refractivity contribution in [2.45, 2.75) is 25.9 Å². The number of nitrogens with zero attached hydrogens (tertiary/aromatic N) is 4. The Morgan fingerprint density at radius 3 is 2.77 bits per heavy atom. The average Bonchev–Trinajstić information content (AvgIpc) is 3.22. The fraction of sp³-hybridized carbons (Fsp3) is 0.250. The minimum Gasteiger partial charge on any atom is -0.323 e. The summed E-state index contributed by atoms with van der Waals surface area (Å²) in [6.45, 7) is 3.66. The number of carbonyl (C=O) groups excluding carboxylic acids is 1. The highest BCUT2D eigenvalue weighted by molar-refractivity contribution is 5.94. The van der Waals surface area contributed by atoms with Gasteiger partial charge in [0.15, 0.2) is 0 Å². The number of anilines is 1. The lowest BCUT2D eigenvalue weighted by Crippen LogP contribution is -2.44. The van der Waals surface area contributed by atoms with Gasteiger partial charge in [-0.25, -0.2) is 9.97 Å². The SMILES string of the molecule is CC(C(=O)Nc1ccc(-n2ccnc2)nc1)N1CCc2ccccc2C1. The summed E-state index contributed by atoms with van der Waals surface area (Å²) in [6, 6.07) is 12.0. The van der Waals surface area contributed by atoms with Gasteiger partial charge in [0.2, 0.25) is 5.91 Å². The second-order valence-corrected chi connectivity index (χ2v) is 6.53. The first kappa shape index (κ1) is 16.5. The number of imidazole rings is 1. The molecule has 0 bridgehead atoms. The lowest BCUT2D eigenvalue weighted by Gasteiger charge is -2.32. The van der Waals surface area contributed by atoms with Crippen LogP contribution in [0.3, 0.4) is 0 Å². The fourth-order valence-corrected chi connectivity index (χ4v) is 3.27. The molecule has 0 spiro atoms. The number of nitrogens with one attached hydrogen (secondary N) is 1. The first-order valence-corrected chi connectivity index (χ1v) is 8.77. The van der Waals surface area contributed by atoms with E-state index in [1.165, 1.54) is 11.1 Å². The Bertz CT molecular complexity index is 889. The van der Waals surface area contributed by atoms with Gasteiger partial charge in [-0.2, -0.15) is 0 Å². The molecule has 4 rings (SSSR count). The van der Waals surface area contributed by atoms with Crippen LogP contribution in [0.15, 0.2) is 61.3 Å². The van der Waals surface area contributed by atoms with E-state index >= 15 is 0 Å². The van der Waals surface area contributed by atoms with E-state index in [0.29, 0.717) is 5.69 Å². The number of pyridine rings is 1. The molecular weight excluding hydrogens is 326 g/mol. The maximum atomic E-state index is 12.6. The summed E-state index contributed by atoms with van der Waals surface area (Å²) >= 11 is 0. The van der Waals surface area contributed by atoms with Crippen LogP contribution in [0.25, 0.3) is 5.82 Å². The number of rotatable bonds is 4. The largest absolute Gasteiger partial charge is 0.323 e. The standard InChI is InChI=1S/C20H21N5O/c1-15(24-10-8-16-4-2-3-5-17(16)13-24)20(26)23-18-6-7-19(22-12-18)25-11-9-21-14-25/h2-7,9,11-12,14-15H,8,10,13H2,1H3,(H,23,26). The van der Waals surface area contributed by atoms with Gasteiger partial charge in [-0.1, -0.05) is 24.3 Å². The molecule has 132 valence electrons. The second kappa shape index (κ2) is 7.09. The van der Waals surface area contributed by atoms with E-state index in [9.17, 15) is 4.79 Å². The molecule has 3 heterocycles. The molecule has 1 atom stereocenters. The maximum absolute atomic E-state index is 12.6. The maximum Gasteiger partial charge on any atom is 0.241 e. The predicted octanol–water partition coefficient (Wildman–Crippen LogP) is 2.65. The van der Waals surface area contributed by atoms with Gasteiger partial charge in [-0.15, -0.1) is 0 Å². The summed E-state index contributed by atoms with van der Waals surface area (Å²) in [4.78, 5) is 23.2. The number of amides is 1. The number of carbonyl (C=O) groups is 1. The highest BCUT2D eigenvalue weighted by Gasteiger charge is 2.25. The molecule has 0 radical (unpaired) electrons. The van der Waals surface area contributed by atoms with Crippen molar-refractivity contribution >= 4 is 11.6 Å². The molecular formula is C20H21N5O. The van der Waals surface area contributed by atoms with Crippen LogP contribution in [0.4, 0.5) is 5.69 Å². The van der Waals surface area contributed by atoms with Crippen LogP contribution in [-0.2, 0) is 17.8 Å². The van der Waals surface area contributed by atoms with E-state index in [1.807, 2.05) is 29.8 Å². The van der Waals surface area contributed by atoms with E-state index in [2.05, 4.69) is 44.5 Å². The van der Waals surface area contributed by atoms with Crippen molar-refractivity contribution in [3.05, 3.63) is 72.4 Å². The van der Waals surface area contributed by atoms with Gasteiger partial charge >= 0.3 is 0 Å². The summed E-state index contributed by atoms with van der Waals surface area (Å²) in [6.07, 6.45) is 7.88. The van der Waals surface area contributed by atoms with E-state index < -0.39 is 0 Å². The zero-order valence-electron chi connectivity index (χ0n) is 14.7. The Morgan fingerprint density at radius 1 is 1.19 bits per heavy atom.